The molecule has 0 radical (unpaired) electrons. The molecule has 11 rings (SSSR count). The van der Waals surface area contributed by atoms with E-state index in [1.165, 1.54) is 53.9 Å². The molecule has 0 N–H and O–H groups in total. The van der Waals surface area contributed by atoms with E-state index in [-0.39, 0.29) is 0 Å². The van der Waals surface area contributed by atoms with Crippen molar-refractivity contribution in [3.8, 4) is 11.5 Å². The highest BCUT2D eigenvalue weighted by molar-refractivity contribution is 6.23. The maximum atomic E-state index is 5.44. The van der Waals surface area contributed by atoms with E-state index in [0.717, 1.165) is 44.6 Å². The summed E-state index contributed by atoms with van der Waals surface area (Å²) in [7, 11) is 0. The molecule has 48 heavy (non-hydrogen) atoms. The highest BCUT2D eigenvalue weighted by Crippen LogP contribution is 2.39. The Kier molecular flexibility index (Phi) is 5.08. The molecule has 222 valence electrons. The van der Waals surface area contributed by atoms with Gasteiger partial charge in [0.05, 0.1) is 22.7 Å². The molecule has 0 unspecified atom stereocenters. The van der Waals surface area contributed by atoms with Crippen molar-refractivity contribution in [2.75, 3.05) is 0 Å². The number of fused-ring (bicyclic) bond motifs is 12. The summed E-state index contributed by atoms with van der Waals surface area (Å²) in [6.07, 6.45) is 1.94. The lowest BCUT2D eigenvalue weighted by Gasteiger charge is -2.11. The summed E-state index contributed by atoms with van der Waals surface area (Å²) in [6.45, 7) is 0. The molecule has 0 aliphatic rings. The van der Waals surface area contributed by atoms with Gasteiger partial charge in [0.25, 0.3) is 0 Å². The number of aromatic nitrogens is 4. The molecule has 0 fully saturated rings. The number of para-hydroxylation sites is 1. The van der Waals surface area contributed by atoms with Gasteiger partial charge in [-0.15, -0.1) is 0 Å². The van der Waals surface area contributed by atoms with Gasteiger partial charge in [-0.25, -0.2) is 9.97 Å². The first-order chi connectivity index (χ1) is 23.8. The lowest BCUT2D eigenvalue weighted by atomic mass is 10.0. The normalized spacial score (nSPS) is 12.2. The Bertz CT molecular complexity index is 3130. The van der Waals surface area contributed by atoms with Gasteiger partial charge in [-0.3, -0.25) is 9.13 Å². The van der Waals surface area contributed by atoms with Crippen molar-refractivity contribution in [2.24, 2.45) is 0 Å². The molecule has 11 aromatic rings. The molecule has 8 aromatic carbocycles. The fourth-order valence-electron chi connectivity index (χ4n) is 7.93. The van der Waals surface area contributed by atoms with Gasteiger partial charge >= 0.3 is 0 Å². The first-order valence-corrected chi connectivity index (χ1v) is 16.3. The van der Waals surface area contributed by atoms with Gasteiger partial charge in [-0.1, -0.05) is 115 Å². The van der Waals surface area contributed by atoms with Crippen LogP contribution in [0, 0.1) is 0 Å². The van der Waals surface area contributed by atoms with Crippen molar-refractivity contribution in [3.05, 3.63) is 158 Å². The smallest absolute Gasteiger partial charge is 0.164 e. The predicted molar refractivity (Wildman–Crippen MR) is 201 cm³/mol. The number of nitrogens with zero attached hydrogens (tertiary/aromatic N) is 4. The molecule has 3 aromatic heterocycles. The Balaban J connectivity index is 1.20. The van der Waals surface area contributed by atoms with Gasteiger partial charge in [-0.05, 0) is 79.5 Å². The molecule has 0 atom stereocenters. The second-order valence-corrected chi connectivity index (χ2v) is 12.7. The van der Waals surface area contributed by atoms with Gasteiger partial charge < -0.3 is 0 Å². The topological polar surface area (TPSA) is 35.6 Å². The van der Waals surface area contributed by atoms with Crippen molar-refractivity contribution in [1.29, 1.82) is 0 Å². The van der Waals surface area contributed by atoms with Crippen LogP contribution in [0.5, 0.6) is 0 Å². The highest BCUT2D eigenvalue weighted by Gasteiger charge is 2.20. The third kappa shape index (κ3) is 3.49. The van der Waals surface area contributed by atoms with E-state index < -0.39 is 0 Å². The van der Waals surface area contributed by atoms with Crippen LogP contribution in [-0.4, -0.2) is 19.1 Å². The van der Waals surface area contributed by atoms with Crippen LogP contribution in [0.1, 0.15) is 0 Å². The van der Waals surface area contributed by atoms with Crippen LogP contribution < -0.4 is 0 Å². The number of hydrogen-bond acceptors (Lipinski definition) is 2. The van der Waals surface area contributed by atoms with Crippen LogP contribution in [0.3, 0.4) is 0 Å². The summed E-state index contributed by atoms with van der Waals surface area (Å²) < 4.78 is 4.55. The molecule has 0 aliphatic carbocycles. The summed E-state index contributed by atoms with van der Waals surface area (Å²) in [6, 6.07) is 54.5. The van der Waals surface area contributed by atoms with Crippen LogP contribution in [0.25, 0.3) is 98.5 Å². The van der Waals surface area contributed by atoms with Crippen LogP contribution in [0.15, 0.2) is 158 Å². The maximum absolute atomic E-state index is 5.44. The minimum Gasteiger partial charge on any atom is -0.293 e. The fourth-order valence-corrected chi connectivity index (χ4v) is 7.93. The molecule has 0 bridgehead atoms. The zero-order valence-electron chi connectivity index (χ0n) is 25.8. The molecule has 0 spiro atoms. The van der Waals surface area contributed by atoms with E-state index in [9.17, 15) is 0 Å². The van der Waals surface area contributed by atoms with Crippen molar-refractivity contribution in [3.63, 3.8) is 0 Å². The second-order valence-electron chi connectivity index (χ2n) is 12.7. The average molecular weight is 611 g/mol. The van der Waals surface area contributed by atoms with Crippen LogP contribution >= 0.6 is 0 Å². The number of rotatable bonds is 2. The third-order valence-corrected chi connectivity index (χ3v) is 10.1. The zero-order valence-corrected chi connectivity index (χ0v) is 25.8. The Morgan fingerprint density at radius 3 is 1.90 bits per heavy atom. The molecule has 4 heteroatoms. The summed E-state index contributed by atoms with van der Waals surface area (Å²) in [5.74, 6) is 0.806. The predicted octanol–water partition coefficient (Wildman–Crippen LogP) is 11.3. The quantitative estimate of drug-likeness (QED) is 0.183. The Morgan fingerprint density at radius 1 is 0.396 bits per heavy atom. The van der Waals surface area contributed by atoms with Gasteiger partial charge in [0.1, 0.15) is 5.52 Å². The van der Waals surface area contributed by atoms with Crippen molar-refractivity contribution in [2.45, 2.75) is 0 Å². The van der Waals surface area contributed by atoms with E-state index in [0.29, 0.717) is 0 Å². The van der Waals surface area contributed by atoms with E-state index in [4.69, 9.17) is 9.97 Å². The lowest BCUT2D eigenvalue weighted by molar-refractivity contribution is 1.06. The standard InChI is InChI=1S/C44H26N4/c1-2-12-30-25-40-37(24-29(30)11-1)42-35-14-6-4-10-28(35)19-22-39(42)48(40)41-26-45-44-43(46-41)36-15-7-8-16-38(36)47(44)32-20-21-34-31(23-32)18-17-27-9-3-5-13-33(27)34/h1-26H. The molecule has 4 nitrogen and oxygen atoms in total. The Morgan fingerprint density at radius 2 is 1.04 bits per heavy atom. The number of hydrogen-bond donors (Lipinski definition) is 0. The molecule has 0 aliphatic heterocycles. The van der Waals surface area contributed by atoms with Gasteiger partial charge in [-0.2, -0.15) is 0 Å². The van der Waals surface area contributed by atoms with Crippen LogP contribution in [0.2, 0.25) is 0 Å². The Labute approximate surface area is 274 Å². The van der Waals surface area contributed by atoms with Gasteiger partial charge in [0, 0.05) is 21.8 Å². The third-order valence-electron chi connectivity index (χ3n) is 10.1. The fraction of sp³-hybridized carbons (Fsp3) is 0. The highest BCUT2D eigenvalue weighted by atomic mass is 15.1. The molecule has 0 saturated heterocycles. The second kappa shape index (κ2) is 9.50. The van der Waals surface area contributed by atoms with E-state index >= 15 is 0 Å². The van der Waals surface area contributed by atoms with E-state index in [2.05, 4.69) is 161 Å². The first kappa shape index (κ1) is 25.6. The molecular formula is C44H26N4. The monoisotopic (exact) mass is 610 g/mol. The van der Waals surface area contributed by atoms with E-state index in [1.54, 1.807) is 0 Å². The zero-order chi connectivity index (χ0) is 31.3. The SMILES string of the molecule is c1ccc2cc3c(cc2c1)c1c2ccccc2ccc1n3-c1cnc2c(n1)c1ccccc1n2-c1ccc2c(ccc3ccccc32)c1. The summed E-state index contributed by atoms with van der Waals surface area (Å²) in [4.78, 5) is 10.6. The van der Waals surface area contributed by atoms with Crippen molar-refractivity contribution in [1.82, 2.24) is 19.1 Å². The molecule has 3 heterocycles. The number of benzene rings is 8. The minimum absolute atomic E-state index is 0.806. The maximum Gasteiger partial charge on any atom is 0.164 e. The lowest BCUT2D eigenvalue weighted by Crippen LogP contribution is -2.01. The Hall–Kier alpha value is -6.52. The molecular weight excluding hydrogens is 585 g/mol. The first-order valence-electron chi connectivity index (χ1n) is 16.3. The van der Waals surface area contributed by atoms with E-state index in [1.807, 2.05) is 6.20 Å². The summed E-state index contributed by atoms with van der Waals surface area (Å²) in [5, 5.41) is 13.4. The van der Waals surface area contributed by atoms with Gasteiger partial charge in [0.2, 0.25) is 0 Å². The molecule has 0 saturated carbocycles. The van der Waals surface area contributed by atoms with Crippen molar-refractivity contribution >= 4 is 87.0 Å². The summed E-state index contributed by atoms with van der Waals surface area (Å²) >= 11 is 0. The van der Waals surface area contributed by atoms with Gasteiger partial charge in [0.15, 0.2) is 11.5 Å². The average Bonchev–Trinajstić information content (AvgIpc) is 3.65. The van der Waals surface area contributed by atoms with Crippen LogP contribution in [-0.2, 0) is 0 Å². The van der Waals surface area contributed by atoms with Crippen LogP contribution in [0.4, 0.5) is 0 Å². The molecule has 0 amide bonds. The van der Waals surface area contributed by atoms with Crippen molar-refractivity contribution < 1.29 is 0 Å². The largest absolute Gasteiger partial charge is 0.293 e. The summed E-state index contributed by atoms with van der Waals surface area (Å²) in [5.41, 5.74) is 6.14. The minimum atomic E-state index is 0.806.